The van der Waals surface area contributed by atoms with Crippen LogP contribution in [0.3, 0.4) is 0 Å². The van der Waals surface area contributed by atoms with Crippen LogP contribution in [-0.4, -0.2) is 17.2 Å². The lowest BCUT2D eigenvalue weighted by atomic mass is 10.1. The summed E-state index contributed by atoms with van der Waals surface area (Å²) >= 11 is 6.05. The minimum Gasteiger partial charge on any atom is -0.350 e. The molecule has 0 saturated carbocycles. The first-order chi connectivity index (χ1) is 9.95. The molecule has 1 aromatic heterocycles. The average Bonchev–Trinajstić information content (AvgIpc) is 2.48. The van der Waals surface area contributed by atoms with Gasteiger partial charge in [-0.1, -0.05) is 23.7 Å². The molecular formula is C16H17ClN4. The molecule has 0 aliphatic heterocycles. The van der Waals surface area contributed by atoms with Gasteiger partial charge in [0.1, 0.15) is 11.6 Å². The molecule has 0 spiro atoms. The van der Waals surface area contributed by atoms with Crippen LogP contribution in [0.25, 0.3) is 0 Å². The Kier molecular flexibility index (Phi) is 4.44. The molecule has 1 heterocycles. The van der Waals surface area contributed by atoms with E-state index in [9.17, 15) is 5.26 Å². The highest BCUT2D eigenvalue weighted by molar-refractivity contribution is 6.30. The first-order valence-corrected chi connectivity index (χ1v) is 7.05. The van der Waals surface area contributed by atoms with Crippen molar-refractivity contribution in [2.24, 2.45) is 0 Å². The zero-order valence-electron chi connectivity index (χ0n) is 12.6. The van der Waals surface area contributed by atoms with Crippen LogP contribution in [0.1, 0.15) is 35.3 Å². The minimum atomic E-state index is 0.0345. The maximum Gasteiger partial charge on any atom is 0.169 e. The van der Waals surface area contributed by atoms with E-state index in [1.165, 1.54) is 0 Å². The van der Waals surface area contributed by atoms with Crippen molar-refractivity contribution in [1.82, 2.24) is 10.2 Å². The number of aryl methyl sites for hydroxylation is 1. The molecule has 21 heavy (non-hydrogen) atoms. The predicted octanol–water partition coefficient (Wildman–Crippen LogP) is 3.82. The van der Waals surface area contributed by atoms with E-state index in [1.807, 2.05) is 57.0 Å². The Morgan fingerprint density at radius 2 is 2.00 bits per heavy atom. The molecule has 0 amide bonds. The third kappa shape index (κ3) is 2.98. The lowest BCUT2D eigenvalue weighted by molar-refractivity contribution is 0.715. The Morgan fingerprint density at radius 1 is 1.29 bits per heavy atom. The van der Waals surface area contributed by atoms with Crippen molar-refractivity contribution in [3.63, 3.8) is 0 Å². The molecule has 0 bridgehead atoms. The summed E-state index contributed by atoms with van der Waals surface area (Å²) in [6.45, 7) is 5.79. The van der Waals surface area contributed by atoms with Crippen LogP contribution in [0.15, 0.2) is 24.3 Å². The molecule has 5 heteroatoms. The van der Waals surface area contributed by atoms with Crippen LogP contribution in [-0.2, 0) is 0 Å². The number of nitriles is 1. The number of hydrogen-bond donors (Lipinski definition) is 0. The number of aromatic nitrogens is 2. The molecular weight excluding hydrogens is 284 g/mol. The van der Waals surface area contributed by atoms with Crippen LogP contribution in [0.5, 0.6) is 0 Å². The average molecular weight is 301 g/mol. The third-order valence-corrected chi connectivity index (χ3v) is 4.03. The molecule has 4 nitrogen and oxygen atoms in total. The lowest BCUT2D eigenvalue weighted by Gasteiger charge is -2.27. The van der Waals surface area contributed by atoms with Crippen LogP contribution in [0, 0.1) is 25.2 Å². The number of halogens is 1. The number of nitrogens with zero attached hydrogens (tertiary/aromatic N) is 4. The zero-order chi connectivity index (χ0) is 15.6. The summed E-state index contributed by atoms with van der Waals surface area (Å²) in [7, 11) is 1.91. The van der Waals surface area contributed by atoms with Gasteiger partial charge in [0.15, 0.2) is 5.82 Å². The van der Waals surface area contributed by atoms with Gasteiger partial charge in [-0.2, -0.15) is 10.4 Å². The van der Waals surface area contributed by atoms with Gasteiger partial charge in [-0.25, -0.2) is 0 Å². The van der Waals surface area contributed by atoms with E-state index in [2.05, 4.69) is 16.3 Å². The number of hydrogen-bond acceptors (Lipinski definition) is 4. The Bertz CT molecular complexity index is 706. The van der Waals surface area contributed by atoms with E-state index in [4.69, 9.17) is 11.6 Å². The molecule has 1 aromatic carbocycles. The summed E-state index contributed by atoms with van der Waals surface area (Å²) in [5.41, 5.74) is 3.28. The van der Waals surface area contributed by atoms with Gasteiger partial charge < -0.3 is 4.90 Å². The molecule has 0 aliphatic rings. The topological polar surface area (TPSA) is 52.8 Å². The smallest absolute Gasteiger partial charge is 0.169 e. The number of benzene rings is 1. The van der Waals surface area contributed by atoms with Gasteiger partial charge >= 0.3 is 0 Å². The van der Waals surface area contributed by atoms with E-state index in [1.54, 1.807) is 0 Å². The van der Waals surface area contributed by atoms with E-state index in [-0.39, 0.29) is 6.04 Å². The first kappa shape index (κ1) is 15.3. The SMILES string of the molecule is Cc1nnc(N(C)C(C)c2cccc(Cl)c2)c(C#N)c1C. The summed E-state index contributed by atoms with van der Waals surface area (Å²) < 4.78 is 0. The summed E-state index contributed by atoms with van der Waals surface area (Å²) in [6.07, 6.45) is 0. The number of anilines is 1. The summed E-state index contributed by atoms with van der Waals surface area (Å²) in [6, 6.07) is 9.95. The predicted molar refractivity (Wildman–Crippen MR) is 84.5 cm³/mol. The molecule has 0 N–H and O–H groups in total. The van der Waals surface area contributed by atoms with Gasteiger partial charge in [0.05, 0.1) is 11.7 Å². The van der Waals surface area contributed by atoms with Gasteiger partial charge in [-0.05, 0) is 44.0 Å². The van der Waals surface area contributed by atoms with Crippen LogP contribution < -0.4 is 4.90 Å². The molecule has 2 rings (SSSR count). The fourth-order valence-electron chi connectivity index (χ4n) is 2.15. The quantitative estimate of drug-likeness (QED) is 0.865. The normalized spacial score (nSPS) is 11.8. The molecule has 2 aromatic rings. The Hall–Kier alpha value is -2.12. The van der Waals surface area contributed by atoms with Crippen molar-refractivity contribution in [2.75, 3.05) is 11.9 Å². The molecule has 1 unspecified atom stereocenters. The van der Waals surface area contributed by atoms with Crippen LogP contribution in [0.4, 0.5) is 5.82 Å². The molecule has 0 fully saturated rings. The summed E-state index contributed by atoms with van der Waals surface area (Å²) in [5, 5.41) is 18.4. The molecule has 1 atom stereocenters. The maximum atomic E-state index is 9.40. The fourth-order valence-corrected chi connectivity index (χ4v) is 2.35. The first-order valence-electron chi connectivity index (χ1n) is 6.68. The Balaban J connectivity index is 2.43. The van der Waals surface area contributed by atoms with E-state index >= 15 is 0 Å². The highest BCUT2D eigenvalue weighted by Gasteiger charge is 2.19. The van der Waals surface area contributed by atoms with Crippen LogP contribution >= 0.6 is 11.6 Å². The second-order valence-corrected chi connectivity index (χ2v) is 5.50. The monoisotopic (exact) mass is 300 g/mol. The van der Waals surface area contributed by atoms with Gasteiger partial charge in [-0.3, -0.25) is 0 Å². The zero-order valence-corrected chi connectivity index (χ0v) is 13.3. The van der Waals surface area contributed by atoms with Crippen molar-refractivity contribution >= 4 is 17.4 Å². The molecule has 0 saturated heterocycles. The molecule has 108 valence electrons. The van der Waals surface area contributed by atoms with E-state index < -0.39 is 0 Å². The standard InChI is InChI=1S/C16H17ClN4/c1-10-11(2)19-20-16(15(10)9-18)21(4)12(3)13-6-5-7-14(17)8-13/h5-8,12H,1-4H3. The minimum absolute atomic E-state index is 0.0345. The largest absolute Gasteiger partial charge is 0.350 e. The van der Waals surface area contributed by atoms with Gasteiger partial charge in [0, 0.05) is 12.1 Å². The summed E-state index contributed by atoms with van der Waals surface area (Å²) in [5.74, 6) is 0.591. The van der Waals surface area contributed by atoms with Gasteiger partial charge in [0.2, 0.25) is 0 Å². The molecule has 0 radical (unpaired) electrons. The fraction of sp³-hybridized carbons (Fsp3) is 0.312. The molecule has 0 aliphatic carbocycles. The summed E-state index contributed by atoms with van der Waals surface area (Å²) in [4.78, 5) is 1.95. The van der Waals surface area contributed by atoms with Crippen molar-refractivity contribution in [2.45, 2.75) is 26.8 Å². The van der Waals surface area contributed by atoms with Crippen molar-refractivity contribution in [1.29, 1.82) is 5.26 Å². The third-order valence-electron chi connectivity index (χ3n) is 3.79. The maximum absolute atomic E-state index is 9.40. The lowest BCUT2D eigenvalue weighted by Crippen LogP contribution is -2.24. The number of rotatable bonds is 3. The van der Waals surface area contributed by atoms with E-state index in [0.29, 0.717) is 16.4 Å². The van der Waals surface area contributed by atoms with E-state index in [0.717, 1.165) is 16.8 Å². The Labute approximate surface area is 130 Å². The van der Waals surface area contributed by atoms with Crippen molar-refractivity contribution < 1.29 is 0 Å². The second kappa shape index (κ2) is 6.11. The van der Waals surface area contributed by atoms with Crippen molar-refractivity contribution in [3.8, 4) is 6.07 Å². The van der Waals surface area contributed by atoms with Gasteiger partial charge in [-0.15, -0.1) is 5.10 Å². The highest BCUT2D eigenvalue weighted by atomic mass is 35.5. The van der Waals surface area contributed by atoms with Crippen LogP contribution in [0.2, 0.25) is 5.02 Å². The second-order valence-electron chi connectivity index (χ2n) is 5.06. The highest BCUT2D eigenvalue weighted by Crippen LogP contribution is 2.28. The Morgan fingerprint density at radius 3 is 2.62 bits per heavy atom. The van der Waals surface area contributed by atoms with Crippen molar-refractivity contribution in [3.05, 3.63) is 51.7 Å². The van der Waals surface area contributed by atoms with Gasteiger partial charge in [0.25, 0.3) is 0 Å².